The van der Waals surface area contributed by atoms with E-state index in [1.54, 1.807) is 0 Å². The highest BCUT2D eigenvalue weighted by Crippen LogP contribution is 2.21. The van der Waals surface area contributed by atoms with E-state index in [9.17, 15) is 10.2 Å². The molecular formula is C21H36O5. The first-order chi connectivity index (χ1) is 12.3. The zero-order chi connectivity index (χ0) is 19.5. The molecule has 0 aromatic heterocycles. The van der Waals surface area contributed by atoms with Crippen LogP contribution in [0, 0.1) is 0 Å². The lowest BCUT2D eigenvalue weighted by atomic mass is 10.0. The van der Waals surface area contributed by atoms with E-state index < -0.39 is 24.6 Å². The van der Waals surface area contributed by atoms with Crippen molar-refractivity contribution in [3.8, 4) is 0 Å². The summed E-state index contributed by atoms with van der Waals surface area (Å²) in [5.74, 6) is 0. The van der Waals surface area contributed by atoms with Crippen molar-refractivity contribution in [2.45, 2.75) is 84.4 Å². The van der Waals surface area contributed by atoms with Crippen LogP contribution in [0.3, 0.4) is 0 Å². The van der Waals surface area contributed by atoms with Crippen LogP contribution < -0.4 is 0 Å². The quantitative estimate of drug-likeness (QED) is 0.516. The molecule has 1 aliphatic rings. The van der Waals surface area contributed by atoms with Gasteiger partial charge in [0, 0.05) is 6.42 Å². The summed E-state index contributed by atoms with van der Waals surface area (Å²) in [4.78, 5) is 0. The molecule has 0 radical (unpaired) electrons. The van der Waals surface area contributed by atoms with Crippen LogP contribution in [-0.2, 0) is 9.47 Å². The number of allylic oxidation sites excluding steroid dienone is 5. The van der Waals surface area contributed by atoms with Crippen molar-refractivity contribution >= 4 is 0 Å². The first-order valence-electron chi connectivity index (χ1n) is 9.52. The largest absolute Gasteiger partial charge is 0.394 e. The lowest BCUT2D eigenvalue weighted by molar-refractivity contribution is -0.267. The van der Waals surface area contributed by atoms with Crippen molar-refractivity contribution in [3.05, 3.63) is 34.9 Å². The Bertz CT molecular complexity index is 491. The van der Waals surface area contributed by atoms with Gasteiger partial charge in [0.05, 0.1) is 25.4 Å². The van der Waals surface area contributed by atoms with Crippen LogP contribution in [0.2, 0.25) is 0 Å². The predicted octanol–water partition coefficient (Wildman–Crippen LogP) is 3.25. The molecule has 4 atom stereocenters. The Hall–Kier alpha value is -0.980. The molecule has 1 fully saturated rings. The Morgan fingerprint density at radius 3 is 2.23 bits per heavy atom. The third kappa shape index (κ3) is 9.10. The molecule has 1 rings (SSSR count). The second-order valence-electron chi connectivity index (χ2n) is 7.40. The van der Waals surface area contributed by atoms with Crippen LogP contribution in [-0.4, -0.2) is 53.1 Å². The van der Waals surface area contributed by atoms with Gasteiger partial charge in [0.25, 0.3) is 0 Å². The van der Waals surface area contributed by atoms with E-state index in [1.165, 1.54) is 16.7 Å². The van der Waals surface area contributed by atoms with Gasteiger partial charge in [0.15, 0.2) is 6.29 Å². The van der Waals surface area contributed by atoms with Crippen LogP contribution in [0.25, 0.3) is 0 Å². The van der Waals surface area contributed by atoms with Gasteiger partial charge >= 0.3 is 0 Å². The molecule has 5 nitrogen and oxygen atoms in total. The zero-order valence-electron chi connectivity index (χ0n) is 16.6. The molecule has 150 valence electrons. The van der Waals surface area contributed by atoms with Crippen LogP contribution in [0.4, 0.5) is 0 Å². The molecule has 5 heteroatoms. The van der Waals surface area contributed by atoms with E-state index in [0.717, 1.165) is 25.7 Å². The second kappa shape index (κ2) is 12.4. The van der Waals surface area contributed by atoms with Gasteiger partial charge in [0.1, 0.15) is 6.10 Å². The van der Waals surface area contributed by atoms with Crippen molar-refractivity contribution in [1.29, 1.82) is 0 Å². The summed E-state index contributed by atoms with van der Waals surface area (Å²) in [7, 11) is 0. The first-order valence-corrected chi connectivity index (χ1v) is 9.52. The summed E-state index contributed by atoms with van der Waals surface area (Å²) in [6, 6.07) is 0. The number of aliphatic hydroxyl groups excluding tert-OH is 3. The summed E-state index contributed by atoms with van der Waals surface area (Å²) in [6.45, 7) is 8.58. The first kappa shape index (κ1) is 23.1. The smallest absolute Gasteiger partial charge is 0.186 e. The minimum Gasteiger partial charge on any atom is -0.394 e. The summed E-state index contributed by atoms with van der Waals surface area (Å²) in [6.07, 6.45) is 7.46. The van der Waals surface area contributed by atoms with E-state index in [-0.39, 0.29) is 13.0 Å². The van der Waals surface area contributed by atoms with Gasteiger partial charge in [-0.1, -0.05) is 34.9 Å². The highest BCUT2D eigenvalue weighted by atomic mass is 16.7. The fourth-order valence-electron chi connectivity index (χ4n) is 2.80. The average molecular weight is 369 g/mol. The SMILES string of the molecule is CC(C)=CCC/C(C)=C/CC/C(C)=C/COC1O[C@H](CO)CC(O)C1O. The Kier molecular flexibility index (Phi) is 11.0. The molecule has 0 aromatic carbocycles. The molecule has 0 saturated carbocycles. The van der Waals surface area contributed by atoms with Gasteiger partial charge in [-0.3, -0.25) is 0 Å². The van der Waals surface area contributed by atoms with E-state index >= 15 is 0 Å². The third-order valence-electron chi connectivity index (χ3n) is 4.52. The van der Waals surface area contributed by atoms with Crippen LogP contribution in [0.5, 0.6) is 0 Å². The molecule has 1 aliphatic heterocycles. The van der Waals surface area contributed by atoms with E-state index in [0.29, 0.717) is 6.61 Å². The fraction of sp³-hybridized carbons (Fsp3) is 0.714. The molecule has 0 amide bonds. The molecule has 3 N–H and O–H groups in total. The monoisotopic (exact) mass is 368 g/mol. The van der Waals surface area contributed by atoms with Crippen molar-refractivity contribution < 1.29 is 24.8 Å². The topological polar surface area (TPSA) is 79.2 Å². The van der Waals surface area contributed by atoms with E-state index in [4.69, 9.17) is 14.6 Å². The van der Waals surface area contributed by atoms with Crippen LogP contribution in [0.15, 0.2) is 34.9 Å². The van der Waals surface area contributed by atoms with Gasteiger partial charge in [-0.15, -0.1) is 0 Å². The van der Waals surface area contributed by atoms with Gasteiger partial charge in [-0.05, 0) is 53.4 Å². The predicted molar refractivity (Wildman–Crippen MR) is 104 cm³/mol. The molecule has 0 aromatic rings. The minimum absolute atomic E-state index is 0.197. The highest BCUT2D eigenvalue weighted by molar-refractivity contribution is 5.05. The fourth-order valence-corrected chi connectivity index (χ4v) is 2.80. The van der Waals surface area contributed by atoms with Crippen LogP contribution >= 0.6 is 0 Å². The summed E-state index contributed by atoms with van der Waals surface area (Å²) >= 11 is 0. The van der Waals surface area contributed by atoms with E-state index in [2.05, 4.69) is 39.8 Å². The lowest BCUT2D eigenvalue weighted by Crippen LogP contribution is -2.50. The Balaban J connectivity index is 2.31. The molecular weight excluding hydrogens is 332 g/mol. The molecule has 0 aliphatic carbocycles. The Morgan fingerprint density at radius 2 is 1.62 bits per heavy atom. The molecule has 1 saturated heterocycles. The number of aliphatic hydroxyl groups is 3. The maximum absolute atomic E-state index is 9.91. The molecule has 3 unspecified atom stereocenters. The number of rotatable bonds is 10. The normalized spacial score (nSPS) is 27.5. The highest BCUT2D eigenvalue weighted by Gasteiger charge is 2.36. The molecule has 1 heterocycles. The van der Waals surface area contributed by atoms with Crippen molar-refractivity contribution in [2.75, 3.05) is 13.2 Å². The standard InChI is InChI=1S/C21H36O5/c1-15(2)7-5-8-16(3)9-6-10-17(4)11-12-25-21-20(24)19(23)13-18(14-22)26-21/h7,9,11,18-24H,5-6,8,10,12-14H2,1-4H3/b16-9+,17-11+/t18-,19?,20?,21?/m0/s1. The number of hydrogen-bond acceptors (Lipinski definition) is 5. The average Bonchev–Trinajstić information content (AvgIpc) is 2.58. The van der Waals surface area contributed by atoms with Crippen LogP contribution in [0.1, 0.15) is 59.8 Å². The molecule has 26 heavy (non-hydrogen) atoms. The number of ether oxygens (including phenoxy) is 2. The zero-order valence-corrected chi connectivity index (χ0v) is 16.6. The molecule has 0 bridgehead atoms. The van der Waals surface area contributed by atoms with Gasteiger partial charge in [-0.25, -0.2) is 0 Å². The third-order valence-corrected chi connectivity index (χ3v) is 4.52. The van der Waals surface area contributed by atoms with Crippen molar-refractivity contribution in [3.63, 3.8) is 0 Å². The maximum Gasteiger partial charge on any atom is 0.186 e. The van der Waals surface area contributed by atoms with Gasteiger partial charge in [-0.2, -0.15) is 0 Å². The summed E-state index contributed by atoms with van der Waals surface area (Å²) in [5, 5.41) is 28.8. The van der Waals surface area contributed by atoms with Crippen molar-refractivity contribution in [2.24, 2.45) is 0 Å². The minimum atomic E-state index is -1.09. The second-order valence-corrected chi connectivity index (χ2v) is 7.40. The van der Waals surface area contributed by atoms with Crippen molar-refractivity contribution in [1.82, 2.24) is 0 Å². The van der Waals surface area contributed by atoms with E-state index in [1.807, 2.05) is 6.08 Å². The summed E-state index contributed by atoms with van der Waals surface area (Å²) < 4.78 is 11.0. The van der Waals surface area contributed by atoms with Gasteiger partial charge in [0.2, 0.25) is 0 Å². The number of hydrogen-bond donors (Lipinski definition) is 3. The Morgan fingerprint density at radius 1 is 1.00 bits per heavy atom. The molecule has 0 spiro atoms. The lowest BCUT2D eigenvalue weighted by Gasteiger charge is -2.35. The Labute approximate surface area is 158 Å². The van der Waals surface area contributed by atoms with Gasteiger partial charge < -0.3 is 24.8 Å². The maximum atomic E-state index is 9.91. The summed E-state index contributed by atoms with van der Waals surface area (Å²) in [5.41, 5.74) is 3.98.